The maximum Gasteiger partial charge on any atom is 0.319 e. The largest absolute Gasteiger partial charge is 0.465 e. The molecule has 3 nitrogen and oxygen atoms in total. The van der Waals surface area contributed by atoms with Crippen molar-refractivity contribution in [1.29, 1.82) is 0 Å². The van der Waals surface area contributed by atoms with E-state index in [4.69, 9.17) is 4.74 Å². The minimum Gasteiger partial charge on any atom is -0.465 e. The van der Waals surface area contributed by atoms with Gasteiger partial charge in [0.15, 0.2) is 0 Å². The first-order chi connectivity index (χ1) is 7.63. The standard InChI is InChI=1S/C11H13Br2NO2/c1-2-16-11(15)7-14-6-8-3-4-9(12)10(13)5-8/h3-5,14H,2,6-7H2,1H3. The van der Waals surface area contributed by atoms with E-state index in [-0.39, 0.29) is 12.5 Å². The Morgan fingerprint density at radius 1 is 1.38 bits per heavy atom. The van der Waals surface area contributed by atoms with Crippen LogP contribution in [-0.2, 0) is 16.1 Å². The van der Waals surface area contributed by atoms with Gasteiger partial charge in [-0.15, -0.1) is 0 Å². The Bertz CT molecular complexity index is 369. The Hall–Kier alpha value is -0.390. The topological polar surface area (TPSA) is 38.3 Å². The van der Waals surface area contributed by atoms with Gasteiger partial charge < -0.3 is 10.1 Å². The molecule has 88 valence electrons. The van der Waals surface area contributed by atoms with E-state index in [2.05, 4.69) is 37.2 Å². The fourth-order valence-electron chi connectivity index (χ4n) is 1.17. The smallest absolute Gasteiger partial charge is 0.319 e. The van der Waals surface area contributed by atoms with Gasteiger partial charge >= 0.3 is 5.97 Å². The molecule has 0 spiro atoms. The van der Waals surface area contributed by atoms with Gasteiger partial charge in [-0.2, -0.15) is 0 Å². The molecule has 0 radical (unpaired) electrons. The number of hydrogen-bond acceptors (Lipinski definition) is 3. The second-order valence-corrected chi connectivity index (χ2v) is 4.87. The molecule has 0 saturated heterocycles. The number of halogens is 2. The number of benzene rings is 1. The molecule has 0 aliphatic heterocycles. The van der Waals surface area contributed by atoms with Gasteiger partial charge in [-0.3, -0.25) is 4.79 Å². The molecule has 0 unspecified atom stereocenters. The van der Waals surface area contributed by atoms with Gasteiger partial charge in [0.2, 0.25) is 0 Å². The Morgan fingerprint density at radius 2 is 2.12 bits per heavy atom. The van der Waals surface area contributed by atoms with Crippen molar-refractivity contribution in [3.8, 4) is 0 Å². The van der Waals surface area contributed by atoms with E-state index < -0.39 is 0 Å². The zero-order valence-corrected chi connectivity index (χ0v) is 12.1. The lowest BCUT2D eigenvalue weighted by atomic mass is 10.2. The molecule has 16 heavy (non-hydrogen) atoms. The van der Waals surface area contributed by atoms with Crippen LogP contribution in [0.3, 0.4) is 0 Å². The molecule has 0 saturated carbocycles. The van der Waals surface area contributed by atoms with Gasteiger partial charge in [0.05, 0.1) is 13.2 Å². The average molecular weight is 351 g/mol. The summed E-state index contributed by atoms with van der Waals surface area (Å²) in [5.74, 6) is -0.223. The normalized spacial score (nSPS) is 10.2. The van der Waals surface area contributed by atoms with Crippen molar-refractivity contribution in [2.75, 3.05) is 13.2 Å². The summed E-state index contributed by atoms with van der Waals surface area (Å²) >= 11 is 6.83. The highest BCUT2D eigenvalue weighted by Gasteiger charge is 2.02. The second-order valence-electron chi connectivity index (χ2n) is 3.16. The summed E-state index contributed by atoms with van der Waals surface area (Å²) in [5, 5.41) is 3.02. The Labute approximate surface area is 112 Å². The number of carbonyl (C=O) groups is 1. The molecule has 0 aliphatic rings. The minimum absolute atomic E-state index is 0.223. The molecule has 0 fully saturated rings. The lowest BCUT2D eigenvalue weighted by molar-refractivity contribution is -0.142. The van der Waals surface area contributed by atoms with Crippen molar-refractivity contribution in [2.45, 2.75) is 13.5 Å². The van der Waals surface area contributed by atoms with E-state index in [9.17, 15) is 4.79 Å². The third kappa shape index (κ3) is 4.63. The summed E-state index contributed by atoms with van der Waals surface area (Å²) in [6, 6.07) is 5.96. The first-order valence-electron chi connectivity index (χ1n) is 4.93. The monoisotopic (exact) mass is 349 g/mol. The van der Waals surface area contributed by atoms with Crippen LogP contribution in [-0.4, -0.2) is 19.1 Å². The molecule has 0 aliphatic carbocycles. The van der Waals surface area contributed by atoms with Gasteiger partial charge in [0.25, 0.3) is 0 Å². The van der Waals surface area contributed by atoms with E-state index in [0.717, 1.165) is 14.5 Å². The van der Waals surface area contributed by atoms with Crippen LogP contribution >= 0.6 is 31.9 Å². The summed E-state index contributed by atoms with van der Waals surface area (Å²) in [6.07, 6.45) is 0. The fourth-order valence-corrected chi connectivity index (χ4v) is 1.84. The van der Waals surface area contributed by atoms with E-state index in [1.54, 1.807) is 6.92 Å². The highest BCUT2D eigenvalue weighted by molar-refractivity contribution is 9.13. The van der Waals surface area contributed by atoms with E-state index in [1.165, 1.54) is 0 Å². The first-order valence-corrected chi connectivity index (χ1v) is 6.52. The molecule has 0 heterocycles. The van der Waals surface area contributed by atoms with Crippen LogP contribution in [0.15, 0.2) is 27.1 Å². The number of hydrogen-bond donors (Lipinski definition) is 1. The van der Waals surface area contributed by atoms with Crippen LogP contribution < -0.4 is 5.32 Å². The highest BCUT2D eigenvalue weighted by Crippen LogP contribution is 2.23. The van der Waals surface area contributed by atoms with Crippen molar-refractivity contribution in [3.63, 3.8) is 0 Å². The quantitative estimate of drug-likeness (QED) is 0.830. The number of carbonyl (C=O) groups excluding carboxylic acids is 1. The molecule has 1 rings (SSSR count). The summed E-state index contributed by atoms with van der Waals surface area (Å²) in [4.78, 5) is 11.1. The summed E-state index contributed by atoms with van der Waals surface area (Å²) in [7, 11) is 0. The fraction of sp³-hybridized carbons (Fsp3) is 0.364. The molecule has 0 aromatic heterocycles. The lowest BCUT2D eigenvalue weighted by Crippen LogP contribution is -2.24. The van der Waals surface area contributed by atoms with Gasteiger partial charge in [-0.1, -0.05) is 6.07 Å². The predicted molar refractivity (Wildman–Crippen MR) is 70.2 cm³/mol. The number of ether oxygens (including phenoxy) is 1. The van der Waals surface area contributed by atoms with Crippen LogP contribution in [0, 0.1) is 0 Å². The number of nitrogens with one attached hydrogen (secondary N) is 1. The summed E-state index contributed by atoms with van der Waals surface area (Å²) in [6.45, 7) is 3.10. The molecule has 0 atom stereocenters. The number of esters is 1. The molecule has 0 bridgehead atoms. The van der Waals surface area contributed by atoms with Gasteiger partial charge in [-0.25, -0.2) is 0 Å². The van der Waals surface area contributed by atoms with Crippen LogP contribution in [0.5, 0.6) is 0 Å². The van der Waals surface area contributed by atoms with E-state index in [0.29, 0.717) is 13.2 Å². The third-order valence-electron chi connectivity index (χ3n) is 1.89. The van der Waals surface area contributed by atoms with Crippen LogP contribution in [0.2, 0.25) is 0 Å². The van der Waals surface area contributed by atoms with Crippen molar-refractivity contribution in [2.24, 2.45) is 0 Å². The highest BCUT2D eigenvalue weighted by atomic mass is 79.9. The van der Waals surface area contributed by atoms with Gasteiger partial charge in [0.1, 0.15) is 0 Å². The molecular formula is C11H13Br2NO2. The van der Waals surface area contributed by atoms with Crippen LogP contribution in [0.4, 0.5) is 0 Å². The molecule has 1 aromatic rings. The second kappa shape index (κ2) is 7.04. The van der Waals surface area contributed by atoms with E-state index in [1.807, 2.05) is 18.2 Å². The first kappa shape index (κ1) is 13.7. The van der Waals surface area contributed by atoms with Crippen molar-refractivity contribution < 1.29 is 9.53 Å². The van der Waals surface area contributed by atoms with Crippen molar-refractivity contribution >= 4 is 37.8 Å². The Balaban J connectivity index is 2.37. The lowest BCUT2D eigenvalue weighted by Gasteiger charge is -2.05. The van der Waals surface area contributed by atoms with Gasteiger partial charge in [-0.05, 0) is 56.5 Å². The molecular weight excluding hydrogens is 338 g/mol. The Kier molecular flexibility index (Phi) is 6.01. The van der Waals surface area contributed by atoms with E-state index >= 15 is 0 Å². The van der Waals surface area contributed by atoms with Crippen LogP contribution in [0.25, 0.3) is 0 Å². The zero-order valence-electron chi connectivity index (χ0n) is 8.93. The summed E-state index contributed by atoms with van der Waals surface area (Å²) < 4.78 is 6.82. The SMILES string of the molecule is CCOC(=O)CNCc1ccc(Br)c(Br)c1. The molecule has 0 amide bonds. The molecule has 1 N–H and O–H groups in total. The maximum atomic E-state index is 11.1. The average Bonchev–Trinajstić information content (AvgIpc) is 2.24. The van der Waals surface area contributed by atoms with Crippen LogP contribution in [0.1, 0.15) is 12.5 Å². The maximum absolute atomic E-state index is 11.1. The zero-order chi connectivity index (χ0) is 12.0. The molecule has 5 heteroatoms. The van der Waals surface area contributed by atoms with Crippen molar-refractivity contribution in [3.05, 3.63) is 32.7 Å². The summed E-state index contributed by atoms with van der Waals surface area (Å²) in [5.41, 5.74) is 1.11. The molecule has 1 aromatic carbocycles. The predicted octanol–water partition coefficient (Wildman–Crippen LogP) is 2.86. The Morgan fingerprint density at radius 3 is 2.75 bits per heavy atom. The van der Waals surface area contributed by atoms with Gasteiger partial charge in [0, 0.05) is 15.5 Å². The number of rotatable bonds is 5. The minimum atomic E-state index is -0.223. The third-order valence-corrected chi connectivity index (χ3v) is 3.77. The van der Waals surface area contributed by atoms with Crippen molar-refractivity contribution in [1.82, 2.24) is 5.32 Å².